The largest absolute Gasteiger partial charge is 0.468 e. The minimum atomic E-state index is -3.91. The van der Waals surface area contributed by atoms with Gasteiger partial charge in [-0.15, -0.1) is 0 Å². The first-order chi connectivity index (χ1) is 15.0. The Labute approximate surface area is 191 Å². The van der Waals surface area contributed by atoms with E-state index in [1.165, 1.54) is 12.1 Å². The number of benzene rings is 2. The van der Waals surface area contributed by atoms with Crippen LogP contribution in [0.1, 0.15) is 12.2 Å². The van der Waals surface area contributed by atoms with Crippen molar-refractivity contribution in [3.05, 3.63) is 83.8 Å². The van der Waals surface area contributed by atoms with Crippen LogP contribution in [-0.4, -0.2) is 33.2 Å². The summed E-state index contributed by atoms with van der Waals surface area (Å²) in [7, 11) is -3.91. The first-order valence-corrected chi connectivity index (χ1v) is 12.6. The van der Waals surface area contributed by atoms with Crippen molar-refractivity contribution in [1.82, 2.24) is 5.32 Å². The Kier molecular flexibility index (Phi) is 8.45. The van der Waals surface area contributed by atoms with E-state index >= 15 is 0 Å². The highest BCUT2D eigenvalue weighted by atomic mass is 35.5. The first kappa shape index (κ1) is 23.2. The summed E-state index contributed by atoms with van der Waals surface area (Å²) in [5.74, 6) is 2.18. The van der Waals surface area contributed by atoms with E-state index in [0.717, 1.165) is 28.0 Å². The third-order valence-electron chi connectivity index (χ3n) is 4.35. The van der Waals surface area contributed by atoms with Gasteiger partial charge < -0.3 is 9.73 Å². The number of hydrogen-bond acceptors (Lipinski definition) is 5. The quantitative estimate of drug-likeness (QED) is 0.408. The van der Waals surface area contributed by atoms with Crippen LogP contribution in [0, 0.1) is 0 Å². The SMILES string of the molecule is O=C(CN(c1ccc(Cl)cc1)S(=O)(=O)c1ccccc1)NCCCSCc1ccco1. The monoisotopic (exact) mass is 478 g/mol. The Bertz CT molecular complexity index is 1060. The van der Waals surface area contributed by atoms with Gasteiger partial charge in [-0.2, -0.15) is 11.8 Å². The van der Waals surface area contributed by atoms with E-state index in [9.17, 15) is 13.2 Å². The van der Waals surface area contributed by atoms with Gasteiger partial charge in [0.1, 0.15) is 12.3 Å². The second-order valence-corrected chi connectivity index (χ2v) is 10.0. The van der Waals surface area contributed by atoms with Crippen LogP contribution in [0.3, 0.4) is 0 Å². The van der Waals surface area contributed by atoms with Crippen molar-refractivity contribution in [1.29, 1.82) is 0 Å². The lowest BCUT2D eigenvalue weighted by Crippen LogP contribution is -2.41. The number of carbonyl (C=O) groups is 1. The van der Waals surface area contributed by atoms with Crippen molar-refractivity contribution in [2.24, 2.45) is 0 Å². The molecule has 164 valence electrons. The molecule has 0 atom stereocenters. The number of carbonyl (C=O) groups excluding carboxylic acids is 1. The Morgan fingerprint density at radius 3 is 2.45 bits per heavy atom. The number of nitrogens with one attached hydrogen (secondary N) is 1. The van der Waals surface area contributed by atoms with E-state index in [1.807, 2.05) is 12.1 Å². The van der Waals surface area contributed by atoms with E-state index in [2.05, 4.69) is 5.32 Å². The molecule has 0 saturated heterocycles. The van der Waals surface area contributed by atoms with Crippen molar-refractivity contribution in [2.45, 2.75) is 17.1 Å². The summed E-state index contributed by atoms with van der Waals surface area (Å²) in [6.45, 7) is 0.141. The summed E-state index contributed by atoms with van der Waals surface area (Å²) in [5.41, 5.74) is 0.373. The van der Waals surface area contributed by atoms with Gasteiger partial charge in [-0.05, 0) is 60.7 Å². The number of rotatable bonds is 11. The van der Waals surface area contributed by atoms with Crippen molar-refractivity contribution < 1.29 is 17.6 Å². The van der Waals surface area contributed by atoms with E-state index in [-0.39, 0.29) is 17.3 Å². The maximum absolute atomic E-state index is 13.2. The molecule has 2 aromatic carbocycles. The fourth-order valence-corrected chi connectivity index (χ4v) is 5.22. The maximum Gasteiger partial charge on any atom is 0.264 e. The minimum Gasteiger partial charge on any atom is -0.468 e. The lowest BCUT2D eigenvalue weighted by atomic mass is 10.3. The van der Waals surface area contributed by atoms with Crippen LogP contribution in [0.25, 0.3) is 0 Å². The molecule has 3 rings (SSSR count). The molecule has 0 bridgehead atoms. The lowest BCUT2D eigenvalue weighted by Gasteiger charge is -2.24. The van der Waals surface area contributed by atoms with Gasteiger partial charge in [-0.3, -0.25) is 9.10 Å². The molecule has 1 heterocycles. The predicted octanol–water partition coefficient (Wildman–Crippen LogP) is 4.57. The van der Waals surface area contributed by atoms with Gasteiger partial charge in [0.15, 0.2) is 0 Å². The minimum absolute atomic E-state index is 0.118. The molecule has 0 aliphatic carbocycles. The molecular weight excluding hydrogens is 456 g/mol. The topological polar surface area (TPSA) is 79.6 Å². The Hall–Kier alpha value is -2.42. The lowest BCUT2D eigenvalue weighted by molar-refractivity contribution is -0.119. The first-order valence-electron chi connectivity index (χ1n) is 9.67. The summed E-state index contributed by atoms with van der Waals surface area (Å²) >= 11 is 7.65. The number of amides is 1. The highest BCUT2D eigenvalue weighted by Gasteiger charge is 2.26. The van der Waals surface area contributed by atoms with E-state index in [4.69, 9.17) is 16.0 Å². The fraction of sp³-hybridized carbons (Fsp3) is 0.227. The zero-order valence-electron chi connectivity index (χ0n) is 16.7. The summed E-state index contributed by atoms with van der Waals surface area (Å²) in [5, 5.41) is 3.29. The average Bonchev–Trinajstić information content (AvgIpc) is 3.29. The summed E-state index contributed by atoms with van der Waals surface area (Å²) in [6, 6.07) is 18.2. The third kappa shape index (κ3) is 6.78. The number of thioether (sulfide) groups is 1. The normalized spacial score (nSPS) is 11.3. The van der Waals surface area contributed by atoms with Crippen LogP contribution < -0.4 is 9.62 Å². The number of hydrogen-bond donors (Lipinski definition) is 1. The third-order valence-corrected chi connectivity index (χ3v) is 7.45. The number of nitrogens with zero attached hydrogens (tertiary/aromatic N) is 1. The second kappa shape index (κ2) is 11.3. The van der Waals surface area contributed by atoms with Crippen molar-refractivity contribution in [3.8, 4) is 0 Å². The molecule has 0 radical (unpaired) electrons. The summed E-state index contributed by atoms with van der Waals surface area (Å²) in [4.78, 5) is 12.6. The van der Waals surface area contributed by atoms with Crippen LogP contribution in [-0.2, 0) is 20.6 Å². The zero-order chi connectivity index (χ0) is 22.1. The van der Waals surface area contributed by atoms with Crippen LogP contribution in [0.5, 0.6) is 0 Å². The highest BCUT2D eigenvalue weighted by Crippen LogP contribution is 2.25. The second-order valence-electron chi connectivity index (χ2n) is 6.64. The molecule has 1 amide bonds. The molecule has 0 spiro atoms. The van der Waals surface area contributed by atoms with Crippen molar-refractivity contribution in [3.63, 3.8) is 0 Å². The smallest absolute Gasteiger partial charge is 0.264 e. The van der Waals surface area contributed by atoms with Crippen LogP contribution in [0.2, 0.25) is 5.02 Å². The Morgan fingerprint density at radius 1 is 1.03 bits per heavy atom. The van der Waals surface area contributed by atoms with Crippen molar-refractivity contribution >= 4 is 45.0 Å². The summed E-state index contributed by atoms with van der Waals surface area (Å²) < 4.78 is 32.7. The van der Waals surface area contributed by atoms with Crippen LogP contribution in [0.4, 0.5) is 5.69 Å². The number of furan rings is 1. The molecule has 0 fully saturated rings. The molecule has 6 nitrogen and oxygen atoms in total. The molecule has 31 heavy (non-hydrogen) atoms. The van der Waals surface area contributed by atoms with Gasteiger partial charge in [-0.1, -0.05) is 29.8 Å². The van der Waals surface area contributed by atoms with Gasteiger partial charge in [0.05, 0.1) is 22.6 Å². The maximum atomic E-state index is 13.2. The standard InChI is InChI=1S/C22H23ClN2O4S2/c23-18-9-11-19(12-10-18)25(31(27,28)21-7-2-1-3-8-21)16-22(26)24-13-5-15-30-17-20-6-4-14-29-20/h1-4,6-12,14H,5,13,15-17H2,(H,24,26). The molecule has 3 aromatic rings. The van der Waals surface area contributed by atoms with E-state index in [1.54, 1.807) is 60.5 Å². The number of anilines is 1. The van der Waals surface area contributed by atoms with Crippen molar-refractivity contribution in [2.75, 3.05) is 23.1 Å². The van der Waals surface area contributed by atoms with Crippen LogP contribution >= 0.6 is 23.4 Å². The van der Waals surface area contributed by atoms with Gasteiger partial charge in [0.25, 0.3) is 10.0 Å². The average molecular weight is 479 g/mol. The van der Waals surface area contributed by atoms with Crippen LogP contribution in [0.15, 0.2) is 82.3 Å². The molecule has 1 aromatic heterocycles. The molecule has 0 unspecified atom stereocenters. The molecular formula is C22H23ClN2O4S2. The van der Waals surface area contributed by atoms with Gasteiger partial charge in [-0.25, -0.2) is 8.42 Å². The molecule has 0 saturated carbocycles. The van der Waals surface area contributed by atoms with Gasteiger partial charge in [0, 0.05) is 11.6 Å². The predicted molar refractivity (Wildman–Crippen MR) is 125 cm³/mol. The molecule has 9 heteroatoms. The molecule has 0 aliphatic heterocycles. The Balaban J connectivity index is 1.59. The van der Waals surface area contributed by atoms with Gasteiger partial charge in [0.2, 0.25) is 5.91 Å². The fourth-order valence-electron chi connectivity index (χ4n) is 2.80. The number of sulfonamides is 1. The van der Waals surface area contributed by atoms with E-state index in [0.29, 0.717) is 17.3 Å². The molecule has 0 aliphatic rings. The summed E-state index contributed by atoms with van der Waals surface area (Å²) in [6.07, 6.45) is 2.41. The zero-order valence-corrected chi connectivity index (χ0v) is 19.1. The number of halogens is 1. The van der Waals surface area contributed by atoms with Gasteiger partial charge >= 0.3 is 0 Å². The molecule has 1 N–H and O–H groups in total. The Morgan fingerprint density at radius 2 is 1.77 bits per heavy atom. The highest BCUT2D eigenvalue weighted by molar-refractivity contribution is 7.98. The van der Waals surface area contributed by atoms with E-state index < -0.39 is 10.0 Å².